The number of aryl methyl sites for hydroxylation is 2. The minimum Gasteiger partial charge on any atom is -0.339 e. The quantitative estimate of drug-likeness (QED) is 0.568. The zero-order valence-electron chi connectivity index (χ0n) is 12.4. The van der Waals surface area contributed by atoms with Crippen LogP contribution in [0.1, 0.15) is 12.6 Å². The van der Waals surface area contributed by atoms with Crippen LogP contribution in [0.15, 0.2) is 41.3 Å². The molecule has 0 fully saturated rings. The van der Waals surface area contributed by atoms with Crippen molar-refractivity contribution in [1.82, 2.24) is 19.7 Å². The average molecular weight is 355 g/mol. The summed E-state index contributed by atoms with van der Waals surface area (Å²) in [5, 5.41) is 9.50. The van der Waals surface area contributed by atoms with Crippen molar-refractivity contribution >= 4 is 37.7 Å². The first-order valence-electron chi connectivity index (χ1n) is 7.27. The van der Waals surface area contributed by atoms with Gasteiger partial charge in [0, 0.05) is 45.3 Å². The molecule has 0 saturated heterocycles. The first-order chi connectivity index (χ1) is 10.7. The van der Waals surface area contributed by atoms with E-state index in [-0.39, 0.29) is 0 Å². The summed E-state index contributed by atoms with van der Waals surface area (Å²) in [6.07, 6.45) is 5.68. The van der Waals surface area contributed by atoms with E-state index >= 15 is 0 Å². The van der Waals surface area contributed by atoms with Crippen molar-refractivity contribution in [2.75, 3.05) is 0 Å². The van der Waals surface area contributed by atoms with Gasteiger partial charge in [0.15, 0.2) is 0 Å². The van der Waals surface area contributed by atoms with Crippen LogP contribution in [-0.2, 0) is 6.54 Å². The molecule has 0 radical (unpaired) electrons. The lowest BCUT2D eigenvalue weighted by Gasteiger charge is -2.09. The fourth-order valence-electron chi connectivity index (χ4n) is 3.26. The SMILES string of the molecule is CCn1c2c(-c3cn[nH]c3)cc(Br)cc2c2ccnc(C)c21. The molecule has 4 rings (SSSR count). The van der Waals surface area contributed by atoms with Crippen LogP contribution in [0.25, 0.3) is 32.9 Å². The summed E-state index contributed by atoms with van der Waals surface area (Å²) in [6.45, 7) is 5.14. The van der Waals surface area contributed by atoms with E-state index in [1.54, 1.807) is 0 Å². The van der Waals surface area contributed by atoms with Crippen molar-refractivity contribution in [3.05, 3.63) is 47.0 Å². The van der Waals surface area contributed by atoms with Crippen molar-refractivity contribution in [3.8, 4) is 11.1 Å². The first-order valence-corrected chi connectivity index (χ1v) is 8.06. The van der Waals surface area contributed by atoms with E-state index in [1.165, 1.54) is 27.4 Å². The molecule has 0 amide bonds. The second kappa shape index (κ2) is 4.95. The second-order valence-electron chi connectivity index (χ2n) is 5.37. The van der Waals surface area contributed by atoms with E-state index in [0.717, 1.165) is 22.3 Å². The molecular formula is C17H15BrN4. The number of fused-ring (bicyclic) bond motifs is 3. The summed E-state index contributed by atoms with van der Waals surface area (Å²) in [5.41, 5.74) is 5.77. The predicted octanol–water partition coefficient (Wildman–Crippen LogP) is 4.67. The summed E-state index contributed by atoms with van der Waals surface area (Å²) in [6, 6.07) is 6.44. The van der Waals surface area contributed by atoms with Crippen LogP contribution in [-0.4, -0.2) is 19.7 Å². The Kier molecular flexibility index (Phi) is 3.04. The number of pyridine rings is 1. The van der Waals surface area contributed by atoms with Gasteiger partial charge in [0.05, 0.1) is 22.9 Å². The predicted molar refractivity (Wildman–Crippen MR) is 92.9 cm³/mol. The van der Waals surface area contributed by atoms with Crippen LogP contribution >= 0.6 is 15.9 Å². The molecule has 22 heavy (non-hydrogen) atoms. The Balaban J connectivity index is 2.27. The number of H-pyrrole nitrogens is 1. The van der Waals surface area contributed by atoms with Crippen LogP contribution in [0.5, 0.6) is 0 Å². The highest BCUT2D eigenvalue weighted by atomic mass is 79.9. The van der Waals surface area contributed by atoms with Crippen molar-refractivity contribution in [3.63, 3.8) is 0 Å². The Morgan fingerprint density at radius 3 is 2.82 bits per heavy atom. The highest BCUT2D eigenvalue weighted by Gasteiger charge is 2.17. The summed E-state index contributed by atoms with van der Waals surface area (Å²) in [5.74, 6) is 0. The number of aromatic amines is 1. The van der Waals surface area contributed by atoms with Crippen LogP contribution in [0.4, 0.5) is 0 Å². The normalized spacial score (nSPS) is 11.6. The van der Waals surface area contributed by atoms with Crippen LogP contribution in [0, 0.1) is 6.92 Å². The number of nitrogens with one attached hydrogen (secondary N) is 1. The maximum absolute atomic E-state index is 4.47. The average Bonchev–Trinajstić information content (AvgIpc) is 3.13. The van der Waals surface area contributed by atoms with Gasteiger partial charge >= 0.3 is 0 Å². The Hall–Kier alpha value is -2.14. The topological polar surface area (TPSA) is 46.5 Å². The molecule has 0 aliphatic carbocycles. The van der Waals surface area contributed by atoms with Gasteiger partial charge in [0.2, 0.25) is 0 Å². The molecule has 1 aromatic carbocycles. The Morgan fingerprint density at radius 1 is 1.23 bits per heavy atom. The number of rotatable bonds is 2. The third-order valence-electron chi connectivity index (χ3n) is 4.14. The van der Waals surface area contributed by atoms with Crippen molar-refractivity contribution in [2.24, 2.45) is 0 Å². The fraction of sp³-hybridized carbons (Fsp3) is 0.176. The van der Waals surface area contributed by atoms with Crippen molar-refractivity contribution in [1.29, 1.82) is 0 Å². The maximum atomic E-state index is 4.47. The van der Waals surface area contributed by atoms with Gasteiger partial charge in [-0.15, -0.1) is 0 Å². The lowest BCUT2D eigenvalue weighted by atomic mass is 10.1. The molecule has 0 aliphatic heterocycles. The Labute approximate surface area is 136 Å². The van der Waals surface area contributed by atoms with E-state index in [0.29, 0.717) is 0 Å². The van der Waals surface area contributed by atoms with Gasteiger partial charge in [-0.3, -0.25) is 10.1 Å². The van der Waals surface area contributed by atoms with Gasteiger partial charge in [-0.2, -0.15) is 5.10 Å². The van der Waals surface area contributed by atoms with Crippen molar-refractivity contribution < 1.29 is 0 Å². The van der Waals surface area contributed by atoms with E-state index in [2.05, 4.69) is 67.7 Å². The van der Waals surface area contributed by atoms with Crippen molar-refractivity contribution in [2.45, 2.75) is 20.4 Å². The summed E-state index contributed by atoms with van der Waals surface area (Å²) in [4.78, 5) is 4.47. The zero-order chi connectivity index (χ0) is 15.3. The molecular weight excluding hydrogens is 340 g/mol. The number of nitrogens with zero attached hydrogens (tertiary/aromatic N) is 3. The number of benzene rings is 1. The minimum atomic E-state index is 0.902. The molecule has 0 atom stereocenters. The molecule has 3 heterocycles. The van der Waals surface area contributed by atoms with E-state index in [4.69, 9.17) is 0 Å². The number of hydrogen-bond donors (Lipinski definition) is 1. The Morgan fingerprint density at radius 2 is 2.09 bits per heavy atom. The van der Waals surface area contributed by atoms with Gasteiger partial charge in [0.25, 0.3) is 0 Å². The zero-order valence-corrected chi connectivity index (χ0v) is 14.0. The van der Waals surface area contributed by atoms with Gasteiger partial charge < -0.3 is 4.57 Å². The summed E-state index contributed by atoms with van der Waals surface area (Å²) < 4.78 is 3.42. The molecule has 4 aromatic rings. The number of aromatic nitrogens is 4. The third kappa shape index (κ3) is 1.82. The molecule has 0 unspecified atom stereocenters. The molecule has 0 saturated carbocycles. The van der Waals surface area contributed by atoms with Gasteiger partial charge in [-0.1, -0.05) is 15.9 Å². The minimum absolute atomic E-state index is 0.902. The van der Waals surface area contributed by atoms with Crippen LogP contribution in [0.2, 0.25) is 0 Å². The molecule has 0 bridgehead atoms. The second-order valence-corrected chi connectivity index (χ2v) is 6.29. The highest BCUT2D eigenvalue weighted by Crippen LogP contribution is 2.38. The lowest BCUT2D eigenvalue weighted by molar-refractivity contribution is 0.822. The van der Waals surface area contributed by atoms with E-state index < -0.39 is 0 Å². The third-order valence-corrected chi connectivity index (χ3v) is 4.60. The largest absolute Gasteiger partial charge is 0.339 e. The smallest absolute Gasteiger partial charge is 0.0707 e. The van der Waals surface area contributed by atoms with E-state index in [9.17, 15) is 0 Å². The van der Waals surface area contributed by atoms with E-state index in [1.807, 2.05) is 18.6 Å². The highest BCUT2D eigenvalue weighted by molar-refractivity contribution is 9.10. The maximum Gasteiger partial charge on any atom is 0.0707 e. The molecule has 0 aliphatic rings. The first kappa shape index (κ1) is 13.5. The van der Waals surface area contributed by atoms with Gasteiger partial charge in [-0.25, -0.2) is 0 Å². The number of hydrogen-bond acceptors (Lipinski definition) is 2. The van der Waals surface area contributed by atoms with Gasteiger partial charge in [-0.05, 0) is 32.0 Å². The molecule has 1 N–H and O–H groups in total. The molecule has 5 heteroatoms. The monoisotopic (exact) mass is 354 g/mol. The summed E-state index contributed by atoms with van der Waals surface area (Å²) in [7, 11) is 0. The van der Waals surface area contributed by atoms with Crippen LogP contribution < -0.4 is 0 Å². The molecule has 0 spiro atoms. The summed E-state index contributed by atoms with van der Waals surface area (Å²) >= 11 is 3.65. The standard InChI is InChI=1S/C17H15BrN4/c1-3-22-16-10(2)19-5-4-13(16)15-7-12(18)6-14(17(15)22)11-8-20-21-9-11/h4-9H,3H2,1-2H3,(H,20,21). The fourth-order valence-corrected chi connectivity index (χ4v) is 3.72. The Bertz CT molecular complexity index is 983. The van der Waals surface area contributed by atoms with Crippen LogP contribution in [0.3, 0.4) is 0 Å². The molecule has 4 nitrogen and oxygen atoms in total. The molecule has 3 aromatic heterocycles. The lowest BCUT2D eigenvalue weighted by Crippen LogP contribution is -1.97. The van der Waals surface area contributed by atoms with Gasteiger partial charge in [0.1, 0.15) is 0 Å². The molecule has 110 valence electrons. The number of halogens is 1.